The largest absolute Gasteiger partial charge is 0.492 e. The predicted molar refractivity (Wildman–Crippen MR) is 135 cm³/mol. The van der Waals surface area contributed by atoms with E-state index in [1.54, 1.807) is 0 Å². The van der Waals surface area contributed by atoms with Gasteiger partial charge in [-0.05, 0) is 74.2 Å². The van der Waals surface area contributed by atoms with Gasteiger partial charge in [0.05, 0.1) is 5.69 Å². The molecule has 0 bridgehead atoms. The Morgan fingerprint density at radius 3 is 2.47 bits per heavy atom. The maximum absolute atomic E-state index is 12.4. The van der Waals surface area contributed by atoms with Crippen molar-refractivity contribution < 1.29 is 9.53 Å². The number of pyridine rings is 1. The second-order valence-corrected chi connectivity index (χ2v) is 10.0. The zero-order valence-corrected chi connectivity index (χ0v) is 19.9. The van der Waals surface area contributed by atoms with E-state index in [2.05, 4.69) is 56.1 Å². The molecule has 6 nitrogen and oxygen atoms in total. The van der Waals surface area contributed by atoms with Crippen molar-refractivity contribution in [1.82, 2.24) is 14.8 Å². The second-order valence-electron chi connectivity index (χ2n) is 10.0. The van der Waals surface area contributed by atoms with Crippen molar-refractivity contribution in [2.75, 3.05) is 57.3 Å². The van der Waals surface area contributed by atoms with Crippen LogP contribution in [0.15, 0.2) is 36.5 Å². The van der Waals surface area contributed by atoms with E-state index in [-0.39, 0.29) is 0 Å². The average molecular weight is 459 g/mol. The van der Waals surface area contributed by atoms with Gasteiger partial charge in [0, 0.05) is 62.5 Å². The van der Waals surface area contributed by atoms with E-state index in [1.807, 2.05) is 6.20 Å². The van der Waals surface area contributed by atoms with Crippen LogP contribution in [-0.2, 0) is 11.2 Å². The Kier molecular flexibility index (Phi) is 6.00. The molecule has 2 aliphatic heterocycles. The second kappa shape index (κ2) is 9.41. The van der Waals surface area contributed by atoms with Gasteiger partial charge in [-0.25, -0.2) is 0 Å². The monoisotopic (exact) mass is 458 g/mol. The van der Waals surface area contributed by atoms with Crippen molar-refractivity contribution in [1.29, 1.82) is 0 Å². The van der Waals surface area contributed by atoms with Gasteiger partial charge in [0.2, 0.25) is 5.91 Å². The summed E-state index contributed by atoms with van der Waals surface area (Å²) in [4.78, 5) is 24.1. The van der Waals surface area contributed by atoms with Gasteiger partial charge in [0.1, 0.15) is 12.4 Å². The standard InChI is InChI=1S/C28H34N4O2/c33-28(22-3-4-22)32-15-13-31(14-16-32)27-9-10-29-26-20-23(19-25(26)27)21-5-7-24(8-6-21)34-18-17-30-11-1-2-12-30/h5-10,19,22H,1-4,11-18,20H2. The average Bonchev–Trinajstić information content (AvgIpc) is 3.42. The number of benzene rings is 1. The van der Waals surface area contributed by atoms with E-state index < -0.39 is 0 Å². The normalized spacial score (nSPS) is 20.4. The Morgan fingerprint density at radius 2 is 1.74 bits per heavy atom. The molecular weight excluding hydrogens is 424 g/mol. The summed E-state index contributed by atoms with van der Waals surface area (Å²) < 4.78 is 5.98. The molecule has 1 aromatic heterocycles. The van der Waals surface area contributed by atoms with Crippen molar-refractivity contribution in [2.45, 2.75) is 32.1 Å². The first kappa shape index (κ1) is 21.7. The molecule has 2 aromatic rings. The van der Waals surface area contributed by atoms with Crippen LogP contribution in [0.1, 0.15) is 42.5 Å². The lowest BCUT2D eigenvalue weighted by Gasteiger charge is -2.37. The van der Waals surface area contributed by atoms with Crippen molar-refractivity contribution in [3.63, 3.8) is 0 Å². The highest BCUT2D eigenvalue weighted by Gasteiger charge is 2.35. The number of ether oxygens (including phenoxy) is 1. The first-order chi connectivity index (χ1) is 16.7. The van der Waals surface area contributed by atoms with E-state index in [9.17, 15) is 4.79 Å². The van der Waals surface area contributed by atoms with Crippen LogP contribution in [0, 0.1) is 5.92 Å². The van der Waals surface area contributed by atoms with Crippen LogP contribution < -0.4 is 9.64 Å². The Labute approximate surface area is 202 Å². The van der Waals surface area contributed by atoms with E-state index in [0.717, 1.165) is 70.0 Å². The molecule has 6 rings (SSSR count). The number of anilines is 1. The summed E-state index contributed by atoms with van der Waals surface area (Å²) in [6, 6.07) is 10.7. The molecule has 0 N–H and O–H groups in total. The van der Waals surface area contributed by atoms with Gasteiger partial charge in [-0.3, -0.25) is 14.7 Å². The molecule has 1 saturated carbocycles. The van der Waals surface area contributed by atoms with Crippen molar-refractivity contribution in [2.24, 2.45) is 5.92 Å². The molecule has 0 unspecified atom stereocenters. The number of carbonyl (C=O) groups is 1. The summed E-state index contributed by atoms with van der Waals surface area (Å²) >= 11 is 0. The summed E-state index contributed by atoms with van der Waals surface area (Å²) in [5.74, 6) is 1.62. The lowest BCUT2D eigenvalue weighted by atomic mass is 10.1. The van der Waals surface area contributed by atoms with E-state index in [0.29, 0.717) is 11.8 Å². The topological polar surface area (TPSA) is 48.9 Å². The molecular formula is C28H34N4O2. The third-order valence-electron chi connectivity index (χ3n) is 7.68. The van der Waals surface area contributed by atoms with E-state index in [1.165, 1.54) is 48.3 Å². The number of piperazine rings is 1. The van der Waals surface area contributed by atoms with Gasteiger partial charge in [0.15, 0.2) is 0 Å². The number of carbonyl (C=O) groups excluding carboxylic acids is 1. The highest BCUT2D eigenvalue weighted by atomic mass is 16.5. The van der Waals surface area contributed by atoms with Gasteiger partial charge in [-0.2, -0.15) is 0 Å². The molecule has 1 amide bonds. The Hall–Kier alpha value is -2.86. The molecule has 178 valence electrons. The molecule has 0 atom stereocenters. The Bertz CT molecular complexity index is 1060. The number of rotatable bonds is 7. The van der Waals surface area contributed by atoms with E-state index in [4.69, 9.17) is 4.74 Å². The fourth-order valence-electron chi connectivity index (χ4n) is 5.49. The number of amides is 1. The first-order valence-corrected chi connectivity index (χ1v) is 12.9. The van der Waals surface area contributed by atoms with Crippen LogP contribution in [0.2, 0.25) is 0 Å². The summed E-state index contributed by atoms with van der Waals surface area (Å²) in [5, 5.41) is 0. The highest BCUT2D eigenvalue weighted by molar-refractivity contribution is 5.92. The van der Waals surface area contributed by atoms with Crippen LogP contribution in [0.25, 0.3) is 11.6 Å². The minimum absolute atomic E-state index is 0.309. The molecule has 34 heavy (non-hydrogen) atoms. The van der Waals surface area contributed by atoms with Crippen LogP contribution in [-0.4, -0.2) is 73.1 Å². The highest BCUT2D eigenvalue weighted by Crippen LogP contribution is 2.37. The summed E-state index contributed by atoms with van der Waals surface area (Å²) in [6.07, 6.45) is 9.90. The summed E-state index contributed by atoms with van der Waals surface area (Å²) in [5.41, 5.74) is 6.18. The molecule has 4 aliphatic rings. The minimum Gasteiger partial charge on any atom is -0.492 e. The number of hydrogen-bond donors (Lipinski definition) is 0. The van der Waals surface area contributed by atoms with Crippen LogP contribution >= 0.6 is 0 Å². The molecule has 2 aliphatic carbocycles. The maximum Gasteiger partial charge on any atom is 0.225 e. The zero-order valence-electron chi connectivity index (χ0n) is 19.9. The van der Waals surface area contributed by atoms with E-state index >= 15 is 0 Å². The number of likely N-dealkylation sites (tertiary alicyclic amines) is 1. The Morgan fingerprint density at radius 1 is 0.971 bits per heavy atom. The van der Waals surface area contributed by atoms with Gasteiger partial charge in [-0.15, -0.1) is 0 Å². The first-order valence-electron chi connectivity index (χ1n) is 12.9. The van der Waals surface area contributed by atoms with Crippen molar-refractivity contribution in [3.8, 4) is 5.75 Å². The molecule has 0 radical (unpaired) electrons. The van der Waals surface area contributed by atoms with Crippen molar-refractivity contribution in [3.05, 3.63) is 53.3 Å². The molecule has 3 fully saturated rings. The van der Waals surface area contributed by atoms with Crippen LogP contribution in [0.5, 0.6) is 5.75 Å². The number of allylic oxidation sites excluding steroid dienone is 1. The number of nitrogens with zero attached hydrogens (tertiary/aromatic N) is 4. The maximum atomic E-state index is 12.4. The molecule has 0 spiro atoms. The third kappa shape index (κ3) is 4.56. The third-order valence-corrected chi connectivity index (χ3v) is 7.68. The van der Waals surface area contributed by atoms with Gasteiger partial charge in [0.25, 0.3) is 0 Å². The molecule has 2 saturated heterocycles. The van der Waals surface area contributed by atoms with Crippen LogP contribution in [0.3, 0.4) is 0 Å². The number of aromatic nitrogens is 1. The summed E-state index contributed by atoms with van der Waals surface area (Å²) in [6.45, 7) is 7.61. The molecule has 3 heterocycles. The quantitative estimate of drug-likeness (QED) is 0.633. The fraction of sp³-hybridized carbons (Fsp3) is 0.500. The zero-order chi connectivity index (χ0) is 22.9. The van der Waals surface area contributed by atoms with Crippen molar-refractivity contribution >= 4 is 23.2 Å². The number of hydrogen-bond acceptors (Lipinski definition) is 5. The smallest absolute Gasteiger partial charge is 0.225 e. The molecule has 6 heteroatoms. The predicted octanol–water partition coefficient (Wildman–Crippen LogP) is 3.71. The lowest BCUT2D eigenvalue weighted by molar-refractivity contribution is -0.132. The fourth-order valence-corrected chi connectivity index (χ4v) is 5.49. The number of fused-ring (bicyclic) bond motifs is 1. The Balaban J connectivity index is 1.09. The minimum atomic E-state index is 0.309. The molecule has 1 aromatic carbocycles. The van der Waals surface area contributed by atoms with Gasteiger partial charge in [-0.1, -0.05) is 12.1 Å². The van der Waals surface area contributed by atoms with Crippen LogP contribution in [0.4, 0.5) is 5.69 Å². The lowest BCUT2D eigenvalue weighted by Crippen LogP contribution is -2.49. The summed E-state index contributed by atoms with van der Waals surface area (Å²) in [7, 11) is 0. The SMILES string of the molecule is O=C(C1CC1)N1CCN(c2ccnc3c2C=C(c2ccc(OCCN4CCCC4)cc2)C3)CC1. The van der Waals surface area contributed by atoms with Gasteiger partial charge < -0.3 is 14.5 Å². The van der Waals surface area contributed by atoms with Gasteiger partial charge >= 0.3 is 0 Å².